The van der Waals surface area contributed by atoms with E-state index in [4.69, 9.17) is 22.3 Å². The molecule has 0 amide bonds. The molecule has 1 heterocycles. The van der Waals surface area contributed by atoms with E-state index in [0.717, 1.165) is 16.9 Å². The number of hydrogen-bond acceptors (Lipinski definition) is 2. The van der Waals surface area contributed by atoms with Crippen molar-refractivity contribution in [3.8, 4) is 11.4 Å². The highest BCUT2D eigenvalue weighted by Crippen LogP contribution is 2.41. The Labute approximate surface area is 128 Å². The SMILES string of the molecule is Cc1ccc2c(c1)nc(-c1ccc(N)c(Cl)c1)n2C1CC1. The maximum absolute atomic E-state index is 6.17. The summed E-state index contributed by atoms with van der Waals surface area (Å²) in [7, 11) is 0. The lowest BCUT2D eigenvalue weighted by atomic mass is 10.2. The number of rotatable bonds is 2. The van der Waals surface area contributed by atoms with E-state index in [1.165, 1.54) is 23.9 Å². The number of benzene rings is 2. The van der Waals surface area contributed by atoms with Gasteiger partial charge in [-0.05, 0) is 55.7 Å². The molecular weight excluding hydrogens is 282 g/mol. The van der Waals surface area contributed by atoms with Crippen LogP contribution in [0.2, 0.25) is 5.02 Å². The standard InChI is InChI=1S/C17H16ClN3/c1-10-2-7-16-15(8-10)20-17(21(16)12-4-5-12)11-3-6-14(19)13(18)9-11/h2-3,6-9,12H,4-5,19H2,1H3. The molecule has 0 saturated heterocycles. The third kappa shape index (κ3) is 2.09. The minimum atomic E-state index is 0.559. The van der Waals surface area contributed by atoms with E-state index in [2.05, 4.69) is 29.7 Å². The van der Waals surface area contributed by atoms with Gasteiger partial charge in [-0.25, -0.2) is 4.98 Å². The summed E-state index contributed by atoms with van der Waals surface area (Å²) >= 11 is 6.17. The van der Waals surface area contributed by atoms with Gasteiger partial charge >= 0.3 is 0 Å². The van der Waals surface area contributed by atoms with Crippen LogP contribution in [0.15, 0.2) is 36.4 Å². The van der Waals surface area contributed by atoms with Crippen molar-refractivity contribution in [3.05, 3.63) is 47.0 Å². The fourth-order valence-electron chi connectivity index (χ4n) is 2.78. The molecule has 0 radical (unpaired) electrons. The number of halogens is 1. The molecule has 0 bridgehead atoms. The van der Waals surface area contributed by atoms with E-state index in [9.17, 15) is 0 Å². The zero-order chi connectivity index (χ0) is 14.6. The second-order valence-electron chi connectivity index (χ2n) is 5.77. The minimum absolute atomic E-state index is 0.559. The fourth-order valence-corrected chi connectivity index (χ4v) is 2.96. The number of aromatic nitrogens is 2. The van der Waals surface area contributed by atoms with Gasteiger partial charge in [0.25, 0.3) is 0 Å². The monoisotopic (exact) mass is 297 g/mol. The fraction of sp³-hybridized carbons (Fsp3) is 0.235. The number of nitrogen functional groups attached to an aromatic ring is 1. The minimum Gasteiger partial charge on any atom is -0.398 e. The topological polar surface area (TPSA) is 43.8 Å². The zero-order valence-corrected chi connectivity index (χ0v) is 12.6. The summed E-state index contributed by atoms with van der Waals surface area (Å²) in [5.41, 5.74) is 10.9. The zero-order valence-electron chi connectivity index (χ0n) is 11.8. The molecule has 106 valence electrons. The van der Waals surface area contributed by atoms with Crippen LogP contribution in [0.3, 0.4) is 0 Å². The Hall–Kier alpha value is -2.00. The van der Waals surface area contributed by atoms with Crippen molar-refractivity contribution in [2.24, 2.45) is 0 Å². The largest absolute Gasteiger partial charge is 0.398 e. The summed E-state index contributed by atoms with van der Waals surface area (Å²) < 4.78 is 2.34. The van der Waals surface area contributed by atoms with Crippen molar-refractivity contribution in [2.75, 3.05) is 5.73 Å². The van der Waals surface area contributed by atoms with Gasteiger partial charge in [0.1, 0.15) is 5.82 Å². The average molecular weight is 298 g/mol. The lowest BCUT2D eigenvalue weighted by Gasteiger charge is -2.08. The van der Waals surface area contributed by atoms with E-state index in [0.29, 0.717) is 16.8 Å². The first-order valence-corrected chi connectivity index (χ1v) is 7.55. The molecule has 1 aromatic heterocycles. The lowest BCUT2D eigenvalue weighted by Crippen LogP contribution is -1.98. The van der Waals surface area contributed by atoms with Crippen LogP contribution < -0.4 is 5.73 Å². The molecule has 3 nitrogen and oxygen atoms in total. The number of hydrogen-bond donors (Lipinski definition) is 1. The highest BCUT2D eigenvalue weighted by molar-refractivity contribution is 6.33. The predicted molar refractivity (Wildman–Crippen MR) is 87.6 cm³/mol. The number of aryl methyl sites for hydroxylation is 1. The molecule has 1 saturated carbocycles. The van der Waals surface area contributed by atoms with Gasteiger partial charge < -0.3 is 10.3 Å². The van der Waals surface area contributed by atoms with E-state index < -0.39 is 0 Å². The molecule has 0 unspecified atom stereocenters. The number of anilines is 1. The van der Waals surface area contributed by atoms with E-state index in [1.54, 1.807) is 0 Å². The third-order valence-corrected chi connectivity index (χ3v) is 4.34. The average Bonchev–Trinajstić information content (AvgIpc) is 3.22. The molecule has 3 aromatic rings. The second-order valence-corrected chi connectivity index (χ2v) is 6.17. The number of fused-ring (bicyclic) bond motifs is 1. The van der Waals surface area contributed by atoms with Gasteiger partial charge in [-0.15, -0.1) is 0 Å². The first-order valence-electron chi connectivity index (χ1n) is 7.17. The van der Waals surface area contributed by atoms with E-state index in [1.807, 2.05) is 18.2 Å². The normalized spacial score (nSPS) is 14.8. The maximum atomic E-state index is 6.17. The lowest BCUT2D eigenvalue weighted by molar-refractivity contribution is 0.775. The summed E-state index contributed by atoms with van der Waals surface area (Å²) in [4.78, 5) is 4.84. The van der Waals surface area contributed by atoms with Gasteiger partial charge in [-0.2, -0.15) is 0 Å². The molecule has 2 N–H and O–H groups in total. The summed E-state index contributed by atoms with van der Waals surface area (Å²) in [6, 6.07) is 12.7. The van der Waals surface area contributed by atoms with Crippen LogP contribution in [0.5, 0.6) is 0 Å². The van der Waals surface area contributed by atoms with Crippen molar-refractivity contribution in [2.45, 2.75) is 25.8 Å². The van der Waals surface area contributed by atoms with Gasteiger partial charge in [0.15, 0.2) is 0 Å². The van der Waals surface area contributed by atoms with Gasteiger partial charge in [-0.1, -0.05) is 17.7 Å². The first kappa shape index (κ1) is 12.7. The Kier molecular flexibility index (Phi) is 2.73. The molecule has 1 aliphatic rings. The Morgan fingerprint density at radius 3 is 2.71 bits per heavy atom. The summed E-state index contributed by atoms with van der Waals surface area (Å²) in [6.45, 7) is 2.09. The smallest absolute Gasteiger partial charge is 0.141 e. The van der Waals surface area contributed by atoms with Crippen molar-refractivity contribution in [1.82, 2.24) is 9.55 Å². The molecule has 2 aromatic carbocycles. The van der Waals surface area contributed by atoms with Gasteiger partial charge in [0.05, 0.1) is 21.7 Å². The highest BCUT2D eigenvalue weighted by Gasteiger charge is 2.28. The summed E-state index contributed by atoms with van der Waals surface area (Å²) in [6.07, 6.45) is 2.43. The Morgan fingerprint density at radius 1 is 1.19 bits per heavy atom. The van der Waals surface area contributed by atoms with E-state index >= 15 is 0 Å². The van der Waals surface area contributed by atoms with Crippen LogP contribution in [0, 0.1) is 6.92 Å². The molecule has 21 heavy (non-hydrogen) atoms. The highest BCUT2D eigenvalue weighted by atomic mass is 35.5. The van der Waals surface area contributed by atoms with Crippen LogP contribution in [0.4, 0.5) is 5.69 Å². The molecule has 0 atom stereocenters. The molecule has 0 spiro atoms. The third-order valence-electron chi connectivity index (χ3n) is 4.02. The van der Waals surface area contributed by atoms with Gasteiger partial charge in [0.2, 0.25) is 0 Å². The molecular formula is C17H16ClN3. The first-order chi connectivity index (χ1) is 10.1. The summed E-state index contributed by atoms with van der Waals surface area (Å²) in [5.74, 6) is 0.986. The quantitative estimate of drug-likeness (QED) is 0.703. The number of nitrogens with zero attached hydrogens (tertiary/aromatic N) is 2. The van der Waals surface area contributed by atoms with Crippen molar-refractivity contribution in [3.63, 3.8) is 0 Å². The van der Waals surface area contributed by atoms with Crippen LogP contribution in [-0.2, 0) is 0 Å². The predicted octanol–water partition coefficient (Wildman–Crippen LogP) is 4.58. The van der Waals surface area contributed by atoms with Crippen molar-refractivity contribution >= 4 is 28.3 Å². The van der Waals surface area contributed by atoms with Gasteiger partial charge in [-0.3, -0.25) is 0 Å². The second kappa shape index (κ2) is 4.50. The van der Waals surface area contributed by atoms with E-state index in [-0.39, 0.29) is 0 Å². The molecule has 1 aliphatic carbocycles. The van der Waals surface area contributed by atoms with Crippen LogP contribution in [-0.4, -0.2) is 9.55 Å². The van der Waals surface area contributed by atoms with Crippen LogP contribution in [0.25, 0.3) is 22.4 Å². The Morgan fingerprint density at radius 2 is 2.00 bits per heavy atom. The molecule has 0 aliphatic heterocycles. The molecule has 4 heteroatoms. The molecule has 1 fully saturated rings. The Bertz CT molecular complexity index is 847. The van der Waals surface area contributed by atoms with Crippen molar-refractivity contribution < 1.29 is 0 Å². The van der Waals surface area contributed by atoms with Gasteiger partial charge in [0, 0.05) is 11.6 Å². The maximum Gasteiger partial charge on any atom is 0.141 e. The van der Waals surface area contributed by atoms with Crippen molar-refractivity contribution in [1.29, 1.82) is 0 Å². The van der Waals surface area contributed by atoms with Crippen LogP contribution in [0.1, 0.15) is 24.4 Å². The summed E-state index contributed by atoms with van der Waals surface area (Å²) in [5, 5.41) is 0.582. The Balaban J connectivity index is 1.98. The number of nitrogens with two attached hydrogens (primary N) is 1. The van der Waals surface area contributed by atoms with Crippen LogP contribution >= 0.6 is 11.6 Å². The molecule has 4 rings (SSSR count). The number of imidazole rings is 1.